The summed E-state index contributed by atoms with van der Waals surface area (Å²) in [6.07, 6.45) is 1.40. The summed E-state index contributed by atoms with van der Waals surface area (Å²) in [6.45, 7) is 1.42. The van der Waals surface area contributed by atoms with Gasteiger partial charge < -0.3 is 4.74 Å². The summed E-state index contributed by atoms with van der Waals surface area (Å²) in [5, 5.41) is 0. The Labute approximate surface area is 143 Å². The minimum atomic E-state index is -0.592. The van der Waals surface area contributed by atoms with E-state index in [-0.39, 0.29) is 17.3 Å². The number of hydrogen-bond acceptors (Lipinski definition) is 5. The largest absolute Gasteiger partial charge is 0.421 e. The molecule has 0 spiro atoms. The molecule has 0 bridgehead atoms. The van der Waals surface area contributed by atoms with Crippen molar-refractivity contribution in [3.63, 3.8) is 0 Å². The van der Waals surface area contributed by atoms with Gasteiger partial charge in [-0.3, -0.25) is 9.69 Å². The minimum absolute atomic E-state index is 0.145. The summed E-state index contributed by atoms with van der Waals surface area (Å²) in [5.74, 6) is 0.0894. The van der Waals surface area contributed by atoms with Gasteiger partial charge in [-0.15, -0.1) is 0 Å². The van der Waals surface area contributed by atoms with Crippen molar-refractivity contribution < 1.29 is 14.3 Å². The van der Waals surface area contributed by atoms with E-state index in [2.05, 4.69) is 9.97 Å². The number of aromatic nitrogens is 2. The van der Waals surface area contributed by atoms with Crippen LogP contribution in [0.1, 0.15) is 17.3 Å². The lowest BCUT2D eigenvalue weighted by Crippen LogP contribution is -2.25. The lowest BCUT2D eigenvalue weighted by molar-refractivity contribution is -0.115. The second-order valence-electron chi connectivity index (χ2n) is 5.51. The van der Waals surface area contributed by atoms with E-state index in [4.69, 9.17) is 4.74 Å². The molecule has 25 heavy (non-hydrogen) atoms. The quantitative estimate of drug-likeness (QED) is 0.505. The summed E-state index contributed by atoms with van der Waals surface area (Å²) < 4.78 is 5.40. The Morgan fingerprint density at radius 1 is 1.04 bits per heavy atom. The maximum Gasteiger partial charge on any atom is 0.349 e. The lowest BCUT2D eigenvalue weighted by atomic mass is 10.2. The van der Waals surface area contributed by atoms with Crippen LogP contribution in [0.2, 0.25) is 0 Å². The van der Waals surface area contributed by atoms with Crippen molar-refractivity contribution in [2.24, 2.45) is 0 Å². The summed E-state index contributed by atoms with van der Waals surface area (Å²) >= 11 is 0. The fraction of sp³-hybridized carbons (Fsp3) is 0.0526. The molecule has 2 aromatic carbocycles. The van der Waals surface area contributed by atoms with Gasteiger partial charge >= 0.3 is 5.97 Å². The average molecular weight is 331 g/mol. The molecule has 1 aliphatic rings. The zero-order valence-corrected chi connectivity index (χ0v) is 13.3. The number of anilines is 2. The molecule has 0 unspecified atom stereocenters. The fourth-order valence-corrected chi connectivity index (χ4v) is 2.73. The molecule has 2 heterocycles. The number of nitrogens with zero attached hydrogens (tertiary/aromatic N) is 3. The number of esters is 1. The van der Waals surface area contributed by atoms with Gasteiger partial charge in [0.15, 0.2) is 17.4 Å². The summed E-state index contributed by atoms with van der Waals surface area (Å²) in [7, 11) is 0. The van der Waals surface area contributed by atoms with E-state index >= 15 is 0 Å². The van der Waals surface area contributed by atoms with Crippen molar-refractivity contribution in [3.05, 3.63) is 66.4 Å². The Bertz CT molecular complexity index is 986. The van der Waals surface area contributed by atoms with Crippen LogP contribution in [-0.4, -0.2) is 21.8 Å². The number of amides is 1. The Morgan fingerprint density at radius 3 is 2.52 bits per heavy atom. The van der Waals surface area contributed by atoms with Gasteiger partial charge in [0.05, 0.1) is 5.69 Å². The number of ether oxygens (including phenoxy) is 1. The van der Waals surface area contributed by atoms with Gasteiger partial charge in [-0.05, 0) is 12.1 Å². The molecule has 1 amide bonds. The van der Waals surface area contributed by atoms with E-state index < -0.39 is 5.97 Å². The maximum atomic E-state index is 12.4. The minimum Gasteiger partial charge on any atom is -0.421 e. The zero-order valence-electron chi connectivity index (χ0n) is 13.3. The van der Waals surface area contributed by atoms with Gasteiger partial charge in [-0.25, -0.2) is 14.8 Å². The number of fused-ring (bicyclic) bond motifs is 2. The summed E-state index contributed by atoms with van der Waals surface area (Å²) in [5.41, 5.74) is 1.41. The molecular formula is C19H13N3O3. The first-order valence-corrected chi connectivity index (χ1v) is 7.69. The number of benzene rings is 2. The van der Waals surface area contributed by atoms with Gasteiger partial charge in [0.25, 0.3) is 0 Å². The van der Waals surface area contributed by atoms with Crippen LogP contribution in [0.3, 0.4) is 0 Å². The molecule has 3 aromatic rings. The standard InChI is InChI=1S/C19H13N3O3/c1-12(23)22-15-9-5-6-10-16(15)25-19(24)14-11-20-17(21-18(14)22)13-7-3-2-4-8-13/h2-11H,1H3. The first-order chi connectivity index (χ1) is 12.1. The number of rotatable bonds is 1. The molecule has 122 valence electrons. The molecule has 4 rings (SSSR count). The molecule has 0 atom stereocenters. The average Bonchev–Trinajstić information content (AvgIpc) is 2.75. The third-order valence-corrected chi connectivity index (χ3v) is 3.86. The molecule has 6 heteroatoms. The second-order valence-corrected chi connectivity index (χ2v) is 5.51. The van der Waals surface area contributed by atoms with E-state index in [1.165, 1.54) is 18.0 Å². The summed E-state index contributed by atoms with van der Waals surface area (Å²) in [6, 6.07) is 16.2. The molecule has 0 saturated carbocycles. The highest BCUT2D eigenvalue weighted by molar-refractivity contribution is 6.08. The van der Waals surface area contributed by atoms with Crippen LogP contribution >= 0.6 is 0 Å². The van der Waals surface area contributed by atoms with Crippen molar-refractivity contribution in [1.29, 1.82) is 0 Å². The molecular weight excluding hydrogens is 318 g/mol. The predicted molar refractivity (Wildman–Crippen MR) is 91.7 cm³/mol. The van der Waals surface area contributed by atoms with Gasteiger partial charge in [-0.1, -0.05) is 42.5 Å². The Kier molecular flexibility index (Phi) is 3.50. The predicted octanol–water partition coefficient (Wildman–Crippen LogP) is 3.36. The van der Waals surface area contributed by atoms with Gasteiger partial charge in [-0.2, -0.15) is 0 Å². The van der Waals surface area contributed by atoms with Gasteiger partial charge in [0, 0.05) is 18.7 Å². The monoisotopic (exact) mass is 331 g/mol. The van der Waals surface area contributed by atoms with Gasteiger partial charge in [0.1, 0.15) is 5.56 Å². The normalized spacial score (nSPS) is 12.7. The third kappa shape index (κ3) is 2.53. The van der Waals surface area contributed by atoms with E-state index in [0.29, 0.717) is 17.3 Å². The highest BCUT2D eigenvalue weighted by atomic mass is 16.5. The maximum absolute atomic E-state index is 12.4. The first-order valence-electron chi connectivity index (χ1n) is 7.69. The SMILES string of the molecule is CC(=O)N1c2ccccc2OC(=O)c2cnc(-c3ccccc3)nc21. The van der Waals surface area contributed by atoms with Crippen LogP contribution in [0, 0.1) is 0 Å². The number of para-hydroxylation sites is 2. The highest BCUT2D eigenvalue weighted by Gasteiger charge is 2.31. The molecule has 6 nitrogen and oxygen atoms in total. The Hall–Kier alpha value is -3.54. The molecule has 0 radical (unpaired) electrons. The molecule has 0 aliphatic carbocycles. The van der Waals surface area contributed by atoms with Crippen LogP contribution < -0.4 is 9.64 Å². The van der Waals surface area contributed by atoms with Crippen molar-refractivity contribution in [2.75, 3.05) is 4.90 Å². The van der Waals surface area contributed by atoms with Crippen molar-refractivity contribution in [1.82, 2.24) is 9.97 Å². The van der Waals surface area contributed by atoms with Crippen molar-refractivity contribution >= 4 is 23.4 Å². The molecule has 1 aliphatic heterocycles. The van der Waals surface area contributed by atoms with E-state index in [1.807, 2.05) is 30.3 Å². The van der Waals surface area contributed by atoms with Crippen LogP contribution in [0.4, 0.5) is 11.5 Å². The van der Waals surface area contributed by atoms with Crippen LogP contribution in [0.5, 0.6) is 5.75 Å². The second kappa shape index (κ2) is 5.83. The first kappa shape index (κ1) is 15.0. The Balaban J connectivity index is 1.96. The van der Waals surface area contributed by atoms with Crippen LogP contribution in [-0.2, 0) is 4.79 Å². The Morgan fingerprint density at radius 2 is 1.76 bits per heavy atom. The van der Waals surface area contributed by atoms with E-state index in [9.17, 15) is 9.59 Å². The number of carbonyl (C=O) groups is 2. The third-order valence-electron chi connectivity index (χ3n) is 3.86. The van der Waals surface area contributed by atoms with E-state index in [1.54, 1.807) is 24.3 Å². The number of hydrogen-bond donors (Lipinski definition) is 0. The smallest absolute Gasteiger partial charge is 0.349 e. The highest BCUT2D eigenvalue weighted by Crippen LogP contribution is 2.38. The van der Waals surface area contributed by atoms with Gasteiger partial charge in [0.2, 0.25) is 5.91 Å². The van der Waals surface area contributed by atoms with Crippen molar-refractivity contribution in [2.45, 2.75) is 6.92 Å². The lowest BCUT2D eigenvalue weighted by Gasteiger charge is -2.20. The zero-order chi connectivity index (χ0) is 17.4. The molecule has 0 saturated heterocycles. The summed E-state index contributed by atoms with van der Waals surface area (Å²) in [4.78, 5) is 34.9. The topological polar surface area (TPSA) is 72.4 Å². The molecule has 1 aromatic heterocycles. The number of carbonyl (C=O) groups excluding carboxylic acids is 2. The van der Waals surface area contributed by atoms with Crippen LogP contribution in [0.15, 0.2) is 60.8 Å². The molecule has 0 fully saturated rings. The van der Waals surface area contributed by atoms with Crippen molar-refractivity contribution in [3.8, 4) is 17.1 Å². The fourth-order valence-electron chi connectivity index (χ4n) is 2.73. The molecule has 0 N–H and O–H groups in total. The van der Waals surface area contributed by atoms with E-state index in [0.717, 1.165) is 5.56 Å². The van der Waals surface area contributed by atoms with Crippen LogP contribution in [0.25, 0.3) is 11.4 Å².